The standard InChI is InChI=1S/C8H12N2O3S/c9-4-3-8-7(2-1-5-10-8)6-14(11,12)13/h1-2,5H,3-4,6,9H2,(H,11,12,13). The molecule has 1 aromatic rings. The average molecular weight is 216 g/mol. The lowest BCUT2D eigenvalue weighted by atomic mass is 10.2. The highest BCUT2D eigenvalue weighted by atomic mass is 32.2. The summed E-state index contributed by atoms with van der Waals surface area (Å²) in [5.74, 6) is -0.407. The number of nitrogens with zero attached hydrogens (tertiary/aromatic N) is 1. The molecule has 0 unspecified atom stereocenters. The first kappa shape index (κ1) is 11.1. The zero-order valence-corrected chi connectivity index (χ0v) is 8.37. The van der Waals surface area contributed by atoms with Crippen LogP contribution in [0.3, 0.4) is 0 Å². The molecule has 0 radical (unpaired) electrons. The molecule has 0 fully saturated rings. The van der Waals surface area contributed by atoms with E-state index >= 15 is 0 Å². The van der Waals surface area contributed by atoms with Gasteiger partial charge in [-0.3, -0.25) is 9.54 Å². The van der Waals surface area contributed by atoms with Crippen LogP contribution in [0, 0.1) is 0 Å². The van der Waals surface area contributed by atoms with Gasteiger partial charge >= 0.3 is 0 Å². The molecule has 0 aliphatic heterocycles. The number of pyridine rings is 1. The van der Waals surface area contributed by atoms with E-state index < -0.39 is 15.9 Å². The smallest absolute Gasteiger partial charge is 0.269 e. The fourth-order valence-corrected chi connectivity index (χ4v) is 1.82. The maximum absolute atomic E-state index is 10.7. The van der Waals surface area contributed by atoms with Crippen molar-refractivity contribution in [2.75, 3.05) is 6.54 Å². The van der Waals surface area contributed by atoms with Crippen LogP contribution in [-0.4, -0.2) is 24.5 Å². The fraction of sp³-hybridized carbons (Fsp3) is 0.375. The number of aromatic nitrogens is 1. The van der Waals surface area contributed by atoms with Gasteiger partial charge in [-0.15, -0.1) is 0 Å². The molecule has 78 valence electrons. The van der Waals surface area contributed by atoms with Gasteiger partial charge in [0.2, 0.25) is 0 Å². The van der Waals surface area contributed by atoms with Crippen LogP contribution in [0.5, 0.6) is 0 Å². The number of nitrogens with two attached hydrogens (primary N) is 1. The van der Waals surface area contributed by atoms with Gasteiger partial charge in [0.15, 0.2) is 0 Å². The second kappa shape index (κ2) is 4.50. The van der Waals surface area contributed by atoms with Crippen molar-refractivity contribution in [3.8, 4) is 0 Å². The molecular formula is C8H12N2O3S. The minimum Gasteiger partial charge on any atom is -0.330 e. The monoisotopic (exact) mass is 216 g/mol. The maximum Gasteiger partial charge on any atom is 0.269 e. The highest BCUT2D eigenvalue weighted by molar-refractivity contribution is 7.85. The Morgan fingerprint density at radius 3 is 2.79 bits per heavy atom. The van der Waals surface area contributed by atoms with Crippen LogP contribution in [0.1, 0.15) is 11.3 Å². The lowest BCUT2D eigenvalue weighted by Gasteiger charge is -2.04. The van der Waals surface area contributed by atoms with Crippen molar-refractivity contribution in [1.29, 1.82) is 0 Å². The quantitative estimate of drug-likeness (QED) is 0.689. The third kappa shape index (κ3) is 3.41. The summed E-state index contributed by atoms with van der Waals surface area (Å²) in [6, 6.07) is 3.24. The molecule has 1 aromatic heterocycles. The van der Waals surface area contributed by atoms with Crippen molar-refractivity contribution < 1.29 is 13.0 Å². The molecule has 0 aliphatic rings. The number of hydrogen-bond donors (Lipinski definition) is 2. The van der Waals surface area contributed by atoms with Crippen LogP contribution >= 0.6 is 0 Å². The summed E-state index contributed by atoms with van der Waals surface area (Å²) < 4.78 is 30.0. The highest BCUT2D eigenvalue weighted by Gasteiger charge is 2.10. The van der Waals surface area contributed by atoms with E-state index in [2.05, 4.69) is 4.98 Å². The first-order valence-electron chi connectivity index (χ1n) is 4.11. The van der Waals surface area contributed by atoms with E-state index in [1.54, 1.807) is 18.3 Å². The summed E-state index contributed by atoms with van der Waals surface area (Å²) in [4.78, 5) is 4.00. The Balaban J connectivity index is 2.95. The first-order valence-corrected chi connectivity index (χ1v) is 5.72. The largest absolute Gasteiger partial charge is 0.330 e. The predicted octanol–water partition coefficient (Wildman–Crippen LogP) is -0.0294. The molecule has 5 nitrogen and oxygen atoms in total. The average Bonchev–Trinajstić information content (AvgIpc) is 2.06. The molecule has 6 heteroatoms. The van der Waals surface area contributed by atoms with Gasteiger partial charge < -0.3 is 5.73 Å². The van der Waals surface area contributed by atoms with Gasteiger partial charge in [-0.05, 0) is 18.2 Å². The third-order valence-electron chi connectivity index (χ3n) is 1.70. The van der Waals surface area contributed by atoms with Gasteiger partial charge in [-0.25, -0.2) is 0 Å². The molecule has 0 spiro atoms. The molecule has 0 saturated heterocycles. The van der Waals surface area contributed by atoms with Gasteiger partial charge in [0.25, 0.3) is 10.1 Å². The molecule has 1 heterocycles. The lowest BCUT2D eigenvalue weighted by molar-refractivity contribution is 0.482. The van der Waals surface area contributed by atoms with Crippen molar-refractivity contribution in [3.05, 3.63) is 29.6 Å². The Kier molecular flexibility index (Phi) is 3.56. The SMILES string of the molecule is NCCc1ncccc1CS(=O)(=O)O. The molecule has 0 bridgehead atoms. The van der Waals surface area contributed by atoms with Crippen molar-refractivity contribution in [3.63, 3.8) is 0 Å². The van der Waals surface area contributed by atoms with E-state index in [0.29, 0.717) is 24.2 Å². The first-order chi connectivity index (χ1) is 6.53. The third-order valence-corrected chi connectivity index (χ3v) is 2.38. The molecule has 0 aromatic carbocycles. The van der Waals surface area contributed by atoms with Gasteiger partial charge in [-0.2, -0.15) is 8.42 Å². The van der Waals surface area contributed by atoms with E-state index in [-0.39, 0.29) is 0 Å². The van der Waals surface area contributed by atoms with Crippen LogP contribution in [-0.2, 0) is 22.3 Å². The Hall–Kier alpha value is -0.980. The number of rotatable bonds is 4. The van der Waals surface area contributed by atoms with E-state index in [1.807, 2.05) is 0 Å². The van der Waals surface area contributed by atoms with E-state index in [1.165, 1.54) is 0 Å². The Morgan fingerprint density at radius 1 is 1.50 bits per heavy atom. The summed E-state index contributed by atoms with van der Waals surface area (Å²) in [7, 11) is -4.00. The predicted molar refractivity (Wildman–Crippen MR) is 52.2 cm³/mol. The van der Waals surface area contributed by atoms with Gasteiger partial charge in [0.05, 0.1) is 0 Å². The zero-order chi connectivity index (χ0) is 10.6. The van der Waals surface area contributed by atoms with E-state index in [4.69, 9.17) is 10.3 Å². The normalized spacial score (nSPS) is 11.6. The summed E-state index contributed by atoms with van der Waals surface area (Å²) in [5.41, 5.74) is 6.46. The van der Waals surface area contributed by atoms with Crippen LogP contribution in [0.15, 0.2) is 18.3 Å². The lowest BCUT2D eigenvalue weighted by Crippen LogP contribution is -2.10. The van der Waals surface area contributed by atoms with Crippen LogP contribution in [0.2, 0.25) is 0 Å². The topological polar surface area (TPSA) is 93.3 Å². The van der Waals surface area contributed by atoms with Crippen LogP contribution in [0.25, 0.3) is 0 Å². The maximum atomic E-state index is 10.7. The molecule has 0 atom stereocenters. The summed E-state index contributed by atoms with van der Waals surface area (Å²) in [5, 5.41) is 0. The van der Waals surface area contributed by atoms with E-state index in [0.717, 1.165) is 0 Å². The molecule has 0 amide bonds. The minimum atomic E-state index is -4.00. The Morgan fingerprint density at radius 2 is 2.21 bits per heavy atom. The second-order valence-electron chi connectivity index (χ2n) is 2.87. The van der Waals surface area contributed by atoms with Crippen molar-refractivity contribution in [2.45, 2.75) is 12.2 Å². The summed E-state index contributed by atoms with van der Waals surface area (Å²) in [6.45, 7) is 0.398. The Labute approximate surface area is 82.7 Å². The fourth-order valence-electron chi connectivity index (χ4n) is 1.16. The van der Waals surface area contributed by atoms with Crippen LogP contribution in [0.4, 0.5) is 0 Å². The van der Waals surface area contributed by atoms with Gasteiger partial charge in [-0.1, -0.05) is 6.07 Å². The summed E-state index contributed by atoms with van der Waals surface area (Å²) >= 11 is 0. The van der Waals surface area contributed by atoms with Crippen molar-refractivity contribution in [2.24, 2.45) is 5.73 Å². The highest BCUT2D eigenvalue weighted by Crippen LogP contribution is 2.09. The van der Waals surface area contributed by atoms with Crippen molar-refractivity contribution >= 4 is 10.1 Å². The second-order valence-corrected chi connectivity index (χ2v) is 4.33. The van der Waals surface area contributed by atoms with Crippen molar-refractivity contribution in [1.82, 2.24) is 4.98 Å². The molecule has 3 N–H and O–H groups in total. The molecule has 0 aliphatic carbocycles. The molecular weight excluding hydrogens is 204 g/mol. The molecule has 14 heavy (non-hydrogen) atoms. The zero-order valence-electron chi connectivity index (χ0n) is 7.55. The van der Waals surface area contributed by atoms with Crippen LogP contribution < -0.4 is 5.73 Å². The molecule has 0 saturated carbocycles. The minimum absolute atomic E-state index is 0.398. The van der Waals surface area contributed by atoms with Gasteiger partial charge in [0.1, 0.15) is 5.75 Å². The number of hydrogen-bond acceptors (Lipinski definition) is 4. The Bertz CT molecular complexity index is 403. The summed E-state index contributed by atoms with van der Waals surface area (Å²) in [6.07, 6.45) is 2.07. The van der Waals surface area contributed by atoms with Gasteiger partial charge in [0, 0.05) is 18.3 Å². The molecule has 1 rings (SSSR count). The van der Waals surface area contributed by atoms with E-state index in [9.17, 15) is 8.42 Å².